The monoisotopic (exact) mass is 243 g/mol. The maximum atomic E-state index is 6.25. The van der Waals surface area contributed by atoms with Gasteiger partial charge in [0, 0.05) is 5.56 Å². The van der Waals surface area contributed by atoms with Crippen molar-refractivity contribution in [3.05, 3.63) is 41.6 Å². The SMILES string of the molecule is CCCc1nn(-c2ccccc2)c(N)c1CCC. The van der Waals surface area contributed by atoms with Crippen LogP contribution in [-0.2, 0) is 12.8 Å². The van der Waals surface area contributed by atoms with Gasteiger partial charge in [0.15, 0.2) is 0 Å². The van der Waals surface area contributed by atoms with Crippen LogP contribution in [0.5, 0.6) is 0 Å². The van der Waals surface area contributed by atoms with Gasteiger partial charge in [0.1, 0.15) is 5.82 Å². The molecule has 0 aliphatic heterocycles. The predicted molar refractivity (Wildman–Crippen MR) is 76.0 cm³/mol. The Bertz CT molecular complexity index is 500. The van der Waals surface area contributed by atoms with Crippen molar-refractivity contribution in [2.45, 2.75) is 39.5 Å². The number of benzene rings is 1. The van der Waals surface area contributed by atoms with Gasteiger partial charge < -0.3 is 5.73 Å². The fourth-order valence-electron chi connectivity index (χ4n) is 2.24. The first kappa shape index (κ1) is 12.7. The molecule has 0 bridgehead atoms. The van der Waals surface area contributed by atoms with Gasteiger partial charge in [-0.1, -0.05) is 44.9 Å². The van der Waals surface area contributed by atoms with Crippen LogP contribution in [0.4, 0.5) is 5.82 Å². The van der Waals surface area contributed by atoms with E-state index in [0.717, 1.165) is 42.9 Å². The van der Waals surface area contributed by atoms with Crippen molar-refractivity contribution in [2.75, 3.05) is 5.73 Å². The molecule has 0 spiro atoms. The second-order valence-corrected chi connectivity index (χ2v) is 4.56. The molecule has 1 heterocycles. The number of aromatic nitrogens is 2. The summed E-state index contributed by atoms with van der Waals surface area (Å²) in [6, 6.07) is 10.1. The Morgan fingerprint density at radius 3 is 2.33 bits per heavy atom. The summed E-state index contributed by atoms with van der Waals surface area (Å²) in [6.45, 7) is 4.35. The van der Waals surface area contributed by atoms with E-state index >= 15 is 0 Å². The van der Waals surface area contributed by atoms with Crippen molar-refractivity contribution >= 4 is 5.82 Å². The summed E-state index contributed by atoms with van der Waals surface area (Å²) in [6.07, 6.45) is 4.21. The Morgan fingerprint density at radius 1 is 1.06 bits per heavy atom. The van der Waals surface area contributed by atoms with Crippen LogP contribution in [0.15, 0.2) is 30.3 Å². The van der Waals surface area contributed by atoms with Crippen LogP contribution in [0.25, 0.3) is 5.69 Å². The van der Waals surface area contributed by atoms with Crippen molar-refractivity contribution in [3.8, 4) is 5.69 Å². The lowest BCUT2D eigenvalue weighted by atomic mass is 10.1. The van der Waals surface area contributed by atoms with Crippen molar-refractivity contribution in [2.24, 2.45) is 0 Å². The largest absolute Gasteiger partial charge is 0.383 e. The summed E-state index contributed by atoms with van der Waals surface area (Å²) in [7, 11) is 0. The molecule has 0 amide bonds. The maximum absolute atomic E-state index is 6.25. The highest BCUT2D eigenvalue weighted by Gasteiger charge is 2.14. The first-order valence-corrected chi connectivity index (χ1v) is 6.69. The van der Waals surface area contributed by atoms with Crippen LogP contribution >= 0.6 is 0 Å². The molecule has 2 aromatic rings. The molecule has 3 nitrogen and oxygen atoms in total. The Morgan fingerprint density at radius 2 is 1.72 bits per heavy atom. The standard InChI is InChI=1S/C15H21N3/c1-3-8-13-14(9-4-2)17-18(15(13)16)12-10-6-5-7-11-12/h5-7,10-11H,3-4,8-9,16H2,1-2H3. The molecule has 1 aromatic carbocycles. The van der Waals surface area contributed by atoms with Gasteiger partial charge in [-0.15, -0.1) is 0 Å². The zero-order valence-electron chi connectivity index (χ0n) is 11.2. The zero-order valence-corrected chi connectivity index (χ0v) is 11.2. The lowest BCUT2D eigenvalue weighted by molar-refractivity contribution is 0.802. The van der Waals surface area contributed by atoms with Crippen molar-refractivity contribution < 1.29 is 0 Å². The van der Waals surface area contributed by atoms with Crippen LogP contribution in [0, 0.1) is 0 Å². The minimum Gasteiger partial charge on any atom is -0.383 e. The molecule has 3 heteroatoms. The lowest BCUT2D eigenvalue weighted by Gasteiger charge is -2.04. The molecular formula is C15H21N3. The smallest absolute Gasteiger partial charge is 0.130 e. The van der Waals surface area contributed by atoms with Crippen molar-refractivity contribution in [1.29, 1.82) is 0 Å². The van der Waals surface area contributed by atoms with E-state index in [1.54, 1.807) is 0 Å². The van der Waals surface area contributed by atoms with Gasteiger partial charge in [-0.2, -0.15) is 5.10 Å². The number of rotatable bonds is 5. The molecule has 0 fully saturated rings. The van der Waals surface area contributed by atoms with Gasteiger partial charge in [0.05, 0.1) is 11.4 Å². The third-order valence-corrected chi connectivity index (χ3v) is 3.09. The average molecular weight is 243 g/mol. The number of nitrogen functional groups attached to an aromatic ring is 1. The molecule has 0 saturated heterocycles. The van der Waals surface area contributed by atoms with Gasteiger partial charge in [-0.3, -0.25) is 0 Å². The van der Waals surface area contributed by atoms with E-state index in [2.05, 4.69) is 18.9 Å². The van der Waals surface area contributed by atoms with Gasteiger partial charge in [-0.05, 0) is 25.0 Å². The van der Waals surface area contributed by atoms with E-state index in [1.807, 2.05) is 35.0 Å². The first-order chi connectivity index (χ1) is 8.77. The van der Waals surface area contributed by atoms with Crippen LogP contribution in [-0.4, -0.2) is 9.78 Å². The molecule has 0 saturated carbocycles. The quantitative estimate of drug-likeness (QED) is 0.875. The first-order valence-electron chi connectivity index (χ1n) is 6.69. The molecular weight excluding hydrogens is 222 g/mol. The average Bonchev–Trinajstić information content (AvgIpc) is 2.70. The Balaban J connectivity index is 2.46. The third kappa shape index (κ3) is 2.40. The van der Waals surface area contributed by atoms with E-state index in [-0.39, 0.29) is 0 Å². The molecule has 1 aromatic heterocycles. The highest BCUT2D eigenvalue weighted by atomic mass is 15.3. The minimum atomic E-state index is 0.798. The van der Waals surface area contributed by atoms with Crippen LogP contribution in [0.2, 0.25) is 0 Å². The molecule has 2 rings (SSSR count). The van der Waals surface area contributed by atoms with Gasteiger partial charge >= 0.3 is 0 Å². The minimum absolute atomic E-state index is 0.798. The molecule has 0 atom stereocenters. The van der Waals surface area contributed by atoms with E-state index in [4.69, 9.17) is 5.73 Å². The summed E-state index contributed by atoms with van der Waals surface area (Å²) < 4.78 is 1.87. The lowest BCUT2D eigenvalue weighted by Crippen LogP contribution is -2.02. The number of hydrogen-bond acceptors (Lipinski definition) is 2. The van der Waals surface area contributed by atoms with E-state index in [1.165, 1.54) is 5.56 Å². The third-order valence-electron chi connectivity index (χ3n) is 3.09. The fourth-order valence-corrected chi connectivity index (χ4v) is 2.24. The molecule has 0 aliphatic carbocycles. The van der Waals surface area contributed by atoms with E-state index in [9.17, 15) is 0 Å². The summed E-state index contributed by atoms with van der Waals surface area (Å²) in [5, 5.41) is 4.68. The normalized spacial score (nSPS) is 10.8. The van der Waals surface area contributed by atoms with E-state index < -0.39 is 0 Å². The number of hydrogen-bond donors (Lipinski definition) is 1. The second-order valence-electron chi connectivity index (χ2n) is 4.56. The predicted octanol–water partition coefficient (Wildman–Crippen LogP) is 3.36. The van der Waals surface area contributed by atoms with Gasteiger partial charge in [0.2, 0.25) is 0 Å². The van der Waals surface area contributed by atoms with Gasteiger partial charge in [-0.25, -0.2) is 4.68 Å². The molecule has 96 valence electrons. The highest BCUT2D eigenvalue weighted by molar-refractivity contribution is 5.50. The summed E-state index contributed by atoms with van der Waals surface area (Å²) >= 11 is 0. The summed E-state index contributed by atoms with van der Waals surface area (Å²) in [5.41, 5.74) is 9.67. The Hall–Kier alpha value is -1.77. The number of aryl methyl sites for hydroxylation is 1. The summed E-state index contributed by atoms with van der Waals surface area (Å²) in [5.74, 6) is 0.798. The van der Waals surface area contributed by atoms with Crippen LogP contribution < -0.4 is 5.73 Å². The topological polar surface area (TPSA) is 43.8 Å². The number of anilines is 1. The molecule has 18 heavy (non-hydrogen) atoms. The van der Waals surface area contributed by atoms with E-state index in [0.29, 0.717) is 0 Å². The molecule has 2 N–H and O–H groups in total. The number of nitrogens with two attached hydrogens (primary N) is 1. The summed E-state index contributed by atoms with van der Waals surface area (Å²) in [4.78, 5) is 0. The van der Waals surface area contributed by atoms with Crippen molar-refractivity contribution in [1.82, 2.24) is 9.78 Å². The van der Waals surface area contributed by atoms with Gasteiger partial charge in [0.25, 0.3) is 0 Å². The number of para-hydroxylation sites is 1. The zero-order chi connectivity index (χ0) is 13.0. The Kier molecular flexibility index (Phi) is 4.03. The maximum Gasteiger partial charge on any atom is 0.130 e. The van der Waals surface area contributed by atoms with Crippen molar-refractivity contribution in [3.63, 3.8) is 0 Å². The highest BCUT2D eigenvalue weighted by Crippen LogP contribution is 2.23. The van der Waals surface area contributed by atoms with Crippen LogP contribution in [0.3, 0.4) is 0 Å². The molecule has 0 radical (unpaired) electrons. The molecule has 0 unspecified atom stereocenters. The Labute approximate surface area is 109 Å². The number of nitrogens with zero attached hydrogens (tertiary/aromatic N) is 2. The second kappa shape index (κ2) is 5.71. The fraction of sp³-hybridized carbons (Fsp3) is 0.400. The van der Waals surface area contributed by atoms with Crippen LogP contribution in [0.1, 0.15) is 37.9 Å². The molecule has 0 aliphatic rings.